The lowest BCUT2D eigenvalue weighted by Gasteiger charge is -2.39. The highest BCUT2D eigenvalue weighted by Gasteiger charge is 2.33. The molecule has 0 radical (unpaired) electrons. The maximum absolute atomic E-state index is 10.7. The molecule has 0 aromatic heterocycles. The van der Waals surface area contributed by atoms with E-state index < -0.39 is 11.9 Å². The normalized spacial score (nSPS) is 20.9. The van der Waals surface area contributed by atoms with Gasteiger partial charge in [-0.2, -0.15) is 0 Å². The second-order valence-corrected chi connectivity index (χ2v) is 12.5. The summed E-state index contributed by atoms with van der Waals surface area (Å²) in [6.45, 7) is 4.62. The summed E-state index contributed by atoms with van der Waals surface area (Å²) in [5, 5.41) is 17.6. The van der Waals surface area contributed by atoms with Crippen LogP contribution in [0.25, 0.3) is 0 Å². The minimum Gasteiger partial charge on any atom is -0.481 e. The summed E-state index contributed by atoms with van der Waals surface area (Å²) >= 11 is 0. The first-order chi connectivity index (χ1) is 19.5. The number of aliphatic carboxylic acids is 2. The molecule has 0 fully saturated rings. The van der Waals surface area contributed by atoms with E-state index in [4.69, 9.17) is 10.2 Å². The average molecular weight is 561 g/mol. The number of hydrogen-bond donors (Lipinski definition) is 2. The van der Waals surface area contributed by atoms with Crippen LogP contribution in [0.2, 0.25) is 0 Å². The molecule has 40 heavy (non-hydrogen) atoms. The second kappa shape index (κ2) is 25.2. The Balaban J connectivity index is 2.64. The standard InChI is InChI=1S/C36H64O4/c1-3-5-17-23-31-29-30-32(24-19-13-11-12-16-22-28-36(39)40)34(33(31)25-18-6-4-2)26-20-14-9-7-8-10-15-21-27-35(37)38/h20,26,29-34H,3-19,21-25,27-28H2,1-2H3,(H,37,38)(H,39,40). The lowest BCUT2D eigenvalue weighted by molar-refractivity contribution is -0.138. The molecule has 0 saturated heterocycles. The molecule has 0 aromatic carbocycles. The molecule has 0 aromatic rings. The topological polar surface area (TPSA) is 74.6 Å². The highest BCUT2D eigenvalue weighted by atomic mass is 16.4. The van der Waals surface area contributed by atoms with Gasteiger partial charge in [0, 0.05) is 12.8 Å². The zero-order valence-electron chi connectivity index (χ0n) is 26.3. The van der Waals surface area contributed by atoms with Gasteiger partial charge in [-0.3, -0.25) is 9.59 Å². The van der Waals surface area contributed by atoms with E-state index in [2.05, 4.69) is 38.2 Å². The van der Waals surface area contributed by atoms with Crippen molar-refractivity contribution in [3.63, 3.8) is 0 Å². The van der Waals surface area contributed by atoms with Crippen molar-refractivity contribution in [1.29, 1.82) is 0 Å². The van der Waals surface area contributed by atoms with Gasteiger partial charge in [-0.15, -0.1) is 0 Å². The van der Waals surface area contributed by atoms with Gasteiger partial charge in [-0.05, 0) is 68.6 Å². The minimum atomic E-state index is -0.672. The summed E-state index contributed by atoms with van der Waals surface area (Å²) in [6.07, 6.45) is 37.6. The Labute approximate surface area is 247 Å². The molecule has 0 heterocycles. The van der Waals surface area contributed by atoms with E-state index in [9.17, 15) is 9.59 Å². The molecular weight excluding hydrogens is 496 g/mol. The van der Waals surface area contributed by atoms with Gasteiger partial charge >= 0.3 is 11.9 Å². The van der Waals surface area contributed by atoms with E-state index in [-0.39, 0.29) is 0 Å². The van der Waals surface area contributed by atoms with Gasteiger partial charge in [0.05, 0.1) is 0 Å². The quantitative estimate of drug-likeness (QED) is 0.0774. The number of carboxylic acids is 2. The zero-order valence-corrected chi connectivity index (χ0v) is 26.3. The molecule has 4 atom stereocenters. The van der Waals surface area contributed by atoms with E-state index >= 15 is 0 Å². The lowest BCUT2D eigenvalue weighted by atomic mass is 9.66. The monoisotopic (exact) mass is 560 g/mol. The van der Waals surface area contributed by atoms with Gasteiger partial charge in [0.1, 0.15) is 0 Å². The first-order valence-electron chi connectivity index (χ1n) is 17.3. The van der Waals surface area contributed by atoms with E-state index in [0.717, 1.165) is 50.4 Å². The Hall–Kier alpha value is -1.58. The highest BCUT2D eigenvalue weighted by molar-refractivity contribution is 5.66. The number of hydrogen-bond acceptors (Lipinski definition) is 2. The van der Waals surface area contributed by atoms with Crippen molar-refractivity contribution in [2.75, 3.05) is 0 Å². The molecule has 4 unspecified atom stereocenters. The first kappa shape index (κ1) is 36.4. The van der Waals surface area contributed by atoms with E-state index in [1.165, 1.54) is 103 Å². The Bertz CT molecular complexity index is 682. The highest BCUT2D eigenvalue weighted by Crippen LogP contribution is 2.42. The minimum absolute atomic E-state index is 0.311. The maximum Gasteiger partial charge on any atom is 0.303 e. The smallest absolute Gasteiger partial charge is 0.303 e. The SMILES string of the molecule is CCCCCC1C=CC(CCCCCCCCC(=O)O)C(C=CCCCCCCCCC(=O)O)C1CCCCC. The summed E-state index contributed by atoms with van der Waals surface area (Å²) in [6, 6.07) is 0. The van der Waals surface area contributed by atoms with Crippen molar-refractivity contribution >= 4 is 11.9 Å². The lowest BCUT2D eigenvalue weighted by Crippen LogP contribution is -2.30. The van der Waals surface area contributed by atoms with Crippen molar-refractivity contribution in [2.24, 2.45) is 23.7 Å². The van der Waals surface area contributed by atoms with Gasteiger partial charge in [0.25, 0.3) is 0 Å². The van der Waals surface area contributed by atoms with E-state index in [1.54, 1.807) is 0 Å². The Morgan fingerprint density at radius 2 is 1.02 bits per heavy atom. The molecule has 2 N–H and O–H groups in total. The van der Waals surface area contributed by atoms with Crippen LogP contribution in [0.5, 0.6) is 0 Å². The summed E-state index contributed by atoms with van der Waals surface area (Å²) in [4.78, 5) is 21.4. The predicted molar refractivity (Wildman–Crippen MR) is 170 cm³/mol. The third-order valence-corrected chi connectivity index (χ3v) is 8.97. The molecule has 0 aliphatic heterocycles. The Kier molecular flexibility index (Phi) is 22.9. The molecule has 0 spiro atoms. The van der Waals surface area contributed by atoms with Crippen molar-refractivity contribution in [3.05, 3.63) is 24.3 Å². The predicted octanol–water partition coefficient (Wildman–Crippen LogP) is 11.1. The molecular formula is C36H64O4. The fourth-order valence-corrected chi connectivity index (χ4v) is 6.57. The average Bonchev–Trinajstić information content (AvgIpc) is 2.92. The fourth-order valence-electron chi connectivity index (χ4n) is 6.57. The van der Waals surface area contributed by atoms with Crippen LogP contribution >= 0.6 is 0 Å². The molecule has 1 rings (SSSR count). The molecule has 232 valence electrons. The summed E-state index contributed by atoms with van der Waals surface area (Å²) in [5.74, 6) is 1.49. The Morgan fingerprint density at radius 3 is 1.60 bits per heavy atom. The van der Waals surface area contributed by atoms with Crippen LogP contribution in [0.4, 0.5) is 0 Å². The number of unbranched alkanes of at least 4 members (excludes halogenated alkanes) is 15. The van der Waals surface area contributed by atoms with Crippen LogP contribution in [0, 0.1) is 23.7 Å². The molecule has 0 amide bonds. The number of rotatable bonds is 27. The molecule has 1 aliphatic rings. The molecule has 0 saturated carbocycles. The van der Waals surface area contributed by atoms with E-state index in [0.29, 0.717) is 24.7 Å². The second-order valence-electron chi connectivity index (χ2n) is 12.5. The summed E-state index contributed by atoms with van der Waals surface area (Å²) in [7, 11) is 0. The third kappa shape index (κ3) is 18.7. The zero-order chi connectivity index (χ0) is 29.3. The molecule has 0 bridgehead atoms. The van der Waals surface area contributed by atoms with Crippen LogP contribution in [0.3, 0.4) is 0 Å². The van der Waals surface area contributed by atoms with Crippen molar-refractivity contribution in [3.8, 4) is 0 Å². The van der Waals surface area contributed by atoms with Crippen LogP contribution in [0.1, 0.15) is 168 Å². The molecule has 4 heteroatoms. The van der Waals surface area contributed by atoms with Crippen molar-refractivity contribution in [2.45, 2.75) is 168 Å². The van der Waals surface area contributed by atoms with Gasteiger partial charge in [0.2, 0.25) is 0 Å². The number of carboxylic acid groups (broad SMARTS) is 2. The summed E-state index contributed by atoms with van der Waals surface area (Å²) < 4.78 is 0. The maximum atomic E-state index is 10.7. The molecule has 1 aliphatic carbocycles. The fraction of sp³-hybridized carbons (Fsp3) is 0.833. The van der Waals surface area contributed by atoms with Crippen LogP contribution in [-0.2, 0) is 9.59 Å². The van der Waals surface area contributed by atoms with Crippen LogP contribution in [0.15, 0.2) is 24.3 Å². The third-order valence-electron chi connectivity index (χ3n) is 8.97. The number of carbonyl (C=O) groups is 2. The van der Waals surface area contributed by atoms with Crippen molar-refractivity contribution in [1.82, 2.24) is 0 Å². The van der Waals surface area contributed by atoms with E-state index in [1.807, 2.05) is 0 Å². The largest absolute Gasteiger partial charge is 0.481 e. The van der Waals surface area contributed by atoms with Gasteiger partial charge in [-0.25, -0.2) is 0 Å². The summed E-state index contributed by atoms with van der Waals surface area (Å²) in [5.41, 5.74) is 0. The van der Waals surface area contributed by atoms with Gasteiger partial charge in [0.15, 0.2) is 0 Å². The van der Waals surface area contributed by atoms with Crippen LogP contribution < -0.4 is 0 Å². The Morgan fingerprint density at radius 1 is 0.575 bits per heavy atom. The first-order valence-corrected chi connectivity index (χ1v) is 17.3. The van der Waals surface area contributed by atoms with Gasteiger partial charge in [-0.1, -0.05) is 134 Å². The van der Waals surface area contributed by atoms with Crippen LogP contribution in [-0.4, -0.2) is 22.2 Å². The van der Waals surface area contributed by atoms with Gasteiger partial charge < -0.3 is 10.2 Å². The molecule has 4 nitrogen and oxygen atoms in total. The van der Waals surface area contributed by atoms with Crippen molar-refractivity contribution < 1.29 is 19.8 Å². The number of allylic oxidation sites excluding steroid dienone is 4.